The van der Waals surface area contributed by atoms with Crippen LogP contribution in [0.25, 0.3) is 6.08 Å². The van der Waals surface area contributed by atoms with Crippen LogP contribution in [0.15, 0.2) is 60.9 Å². The molecule has 0 spiro atoms. The fourth-order valence-electron chi connectivity index (χ4n) is 1.58. The van der Waals surface area contributed by atoms with Gasteiger partial charge in [0.15, 0.2) is 6.26 Å². The topological polar surface area (TPSA) is 55.8 Å². The lowest BCUT2D eigenvalue weighted by Crippen LogP contribution is -1.94. The average molecular weight is 289 g/mol. The third-order valence-electron chi connectivity index (χ3n) is 2.54. The van der Waals surface area contributed by atoms with Crippen molar-refractivity contribution in [3.63, 3.8) is 0 Å². The van der Waals surface area contributed by atoms with Crippen molar-refractivity contribution in [2.45, 2.75) is 6.61 Å². The fourth-order valence-corrected chi connectivity index (χ4v) is 1.74. The summed E-state index contributed by atoms with van der Waals surface area (Å²) in [5.74, 6) is 0.764. The molecule has 0 aliphatic heterocycles. The van der Waals surface area contributed by atoms with E-state index in [-0.39, 0.29) is 0 Å². The average Bonchev–Trinajstić information content (AvgIpc) is 2.47. The summed E-state index contributed by atoms with van der Waals surface area (Å²) in [5, 5.41) is 0. The van der Waals surface area contributed by atoms with Crippen LogP contribution in [0.1, 0.15) is 11.1 Å². The van der Waals surface area contributed by atoms with Crippen LogP contribution in [0.5, 0.6) is 5.75 Å². The molecule has 0 fully saturated rings. The maximum absolute atomic E-state index is 10.3. The highest BCUT2D eigenvalue weighted by Crippen LogP contribution is 2.18. The summed E-state index contributed by atoms with van der Waals surface area (Å²) in [6.07, 6.45) is 2.79. The lowest BCUT2D eigenvalue weighted by molar-refractivity contribution is 0.306. The smallest absolute Gasteiger partial charge is 0.489 e. The van der Waals surface area contributed by atoms with Crippen molar-refractivity contribution in [3.8, 4) is 5.75 Å². The molecule has 2 aromatic rings. The molecule has 0 bridgehead atoms. The third kappa shape index (κ3) is 4.84. The zero-order valence-corrected chi connectivity index (χ0v) is 11.6. The maximum Gasteiger partial charge on any atom is 0.746 e. The van der Waals surface area contributed by atoms with Crippen LogP contribution < -0.4 is 4.74 Å². The van der Waals surface area contributed by atoms with Crippen LogP contribution >= 0.6 is 8.25 Å². The monoisotopic (exact) mass is 289 g/mol. The molecule has 1 atom stereocenters. The summed E-state index contributed by atoms with van der Waals surface area (Å²) >= 11 is 0. The minimum absolute atomic E-state index is 0.518. The number of ether oxygens (including phenoxy) is 1. The van der Waals surface area contributed by atoms with Gasteiger partial charge in [-0.25, -0.2) is 4.52 Å². The highest BCUT2D eigenvalue weighted by molar-refractivity contribution is 7.32. The molecule has 0 heterocycles. The summed E-state index contributed by atoms with van der Waals surface area (Å²) in [6, 6.07) is 17.3. The third-order valence-corrected chi connectivity index (χ3v) is 2.84. The molecule has 2 aromatic carbocycles. The first kappa shape index (κ1) is 14.3. The van der Waals surface area contributed by atoms with Gasteiger partial charge in [-0.05, 0) is 29.3 Å². The normalized spacial score (nSPS) is 11.3. The van der Waals surface area contributed by atoms with Gasteiger partial charge >= 0.3 is 8.25 Å². The van der Waals surface area contributed by atoms with Crippen LogP contribution in [0.3, 0.4) is 0 Å². The lowest BCUT2D eigenvalue weighted by atomic mass is 10.2. The second kappa shape index (κ2) is 7.43. The van der Waals surface area contributed by atoms with E-state index in [1.165, 1.54) is 6.26 Å². The van der Waals surface area contributed by atoms with Crippen molar-refractivity contribution in [1.29, 1.82) is 0 Å². The van der Waals surface area contributed by atoms with Gasteiger partial charge in [0.1, 0.15) is 12.4 Å². The Balaban J connectivity index is 1.88. The molecule has 5 heteroatoms. The van der Waals surface area contributed by atoms with E-state index >= 15 is 0 Å². The highest BCUT2D eigenvalue weighted by Gasteiger charge is 2.07. The van der Waals surface area contributed by atoms with Crippen molar-refractivity contribution in [2.75, 3.05) is 0 Å². The van der Waals surface area contributed by atoms with Crippen molar-refractivity contribution >= 4 is 14.3 Å². The minimum Gasteiger partial charge on any atom is -0.489 e. The number of rotatable bonds is 6. The Hall–Kier alpha value is -2.16. The van der Waals surface area contributed by atoms with Gasteiger partial charge in [-0.3, -0.25) is 0 Å². The van der Waals surface area contributed by atoms with Gasteiger partial charge in [0.05, 0.1) is 0 Å². The van der Waals surface area contributed by atoms with Gasteiger partial charge in [0.2, 0.25) is 0 Å². The van der Waals surface area contributed by atoms with Gasteiger partial charge in [-0.2, -0.15) is 0 Å². The second-order valence-electron chi connectivity index (χ2n) is 3.99. The Morgan fingerprint density at radius 1 is 1.05 bits per heavy atom. The molecule has 0 aromatic heterocycles. The van der Waals surface area contributed by atoms with Crippen LogP contribution in [0.4, 0.5) is 0 Å². The van der Waals surface area contributed by atoms with Crippen molar-refractivity contribution in [2.24, 2.45) is 0 Å². The summed E-state index contributed by atoms with van der Waals surface area (Å²) < 4.78 is 20.4. The van der Waals surface area contributed by atoms with Gasteiger partial charge in [-0.15, -0.1) is 4.89 Å². The van der Waals surface area contributed by atoms with E-state index < -0.39 is 8.25 Å². The minimum atomic E-state index is -2.60. The Morgan fingerprint density at radius 2 is 1.75 bits per heavy atom. The molecule has 20 heavy (non-hydrogen) atoms. The first-order valence-electron chi connectivity index (χ1n) is 6.00. The predicted octanol–water partition coefficient (Wildman–Crippen LogP) is 3.90. The highest BCUT2D eigenvalue weighted by atomic mass is 31.1. The zero-order valence-electron chi connectivity index (χ0n) is 10.7. The van der Waals surface area contributed by atoms with Crippen molar-refractivity contribution in [1.82, 2.24) is 0 Å². The Bertz CT molecular complexity index is 579. The first-order chi connectivity index (χ1) is 9.74. The van der Waals surface area contributed by atoms with Gasteiger partial charge in [0, 0.05) is 4.57 Å². The molecule has 0 saturated carbocycles. The molecule has 0 radical (unpaired) electrons. The van der Waals surface area contributed by atoms with E-state index in [9.17, 15) is 4.57 Å². The number of hydrogen-bond acceptors (Lipinski definition) is 3. The predicted molar refractivity (Wildman–Crippen MR) is 77.2 cm³/mol. The first-order valence-corrected chi connectivity index (χ1v) is 7.13. The van der Waals surface area contributed by atoms with Gasteiger partial charge in [-0.1, -0.05) is 42.5 Å². The quantitative estimate of drug-likeness (QED) is 0.647. The molecule has 0 saturated heterocycles. The van der Waals surface area contributed by atoms with E-state index in [2.05, 4.69) is 4.52 Å². The van der Waals surface area contributed by atoms with Gasteiger partial charge in [0.25, 0.3) is 0 Å². The molecule has 0 aliphatic carbocycles. The zero-order chi connectivity index (χ0) is 14.2. The van der Waals surface area contributed by atoms with Crippen molar-refractivity contribution < 1.29 is 18.7 Å². The molecule has 1 unspecified atom stereocenters. The van der Waals surface area contributed by atoms with E-state index in [1.807, 2.05) is 54.6 Å². The molecule has 2 rings (SSSR count). The van der Waals surface area contributed by atoms with E-state index in [0.29, 0.717) is 6.61 Å². The maximum atomic E-state index is 10.3. The summed E-state index contributed by atoms with van der Waals surface area (Å²) in [6.45, 7) is 0.518. The molecule has 1 N–H and O–H groups in total. The Morgan fingerprint density at radius 3 is 2.40 bits per heavy atom. The van der Waals surface area contributed by atoms with E-state index in [4.69, 9.17) is 9.63 Å². The molecular weight excluding hydrogens is 275 g/mol. The molecular formula is C15H14O4P+. The van der Waals surface area contributed by atoms with Crippen molar-refractivity contribution in [3.05, 3.63) is 72.0 Å². The summed E-state index contributed by atoms with van der Waals surface area (Å²) in [5.41, 5.74) is 1.96. The van der Waals surface area contributed by atoms with Crippen LogP contribution in [0, 0.1) is 0 Å². The van der Waals surface area contributed by atoms with Crippen LogP contribution in [0.2, 0.25) is 0 Å². The SMILES string of the molecule is O=[P+](O)O/C=C/c1ccc(OCc2ccccc2)cc1. The molecule has 4 nitrogen and oxygen atoms in total. The van der Waals surface area contributed by atoms with E-state index in [0.717, 1.165) is 16.9 Å². The lowest BCUT2D eigenvalue weighted by Gasteiger charge is -2.06. The largest absolute Gasteiger partial charge is 0.746 e. The number of benzene rings is 2. The van der Waals surface area contributed by atoms with Gasteiger partial charge < -0.3 is 4.74 Å². The Labute approximate surface area is 118 Å². The molecule has 102 valence electrons. The standard InChI is InChI=1S/C15H13O4P/c16-20(17)19-11-10-13-6-8-15(9-7-13)18-12-14-4-2-1-3-5-14/h1-11H,12H2/p+1/b11-10+. The molecule has 0 amide bonds. The number of hydrogen-bond donors (Lipinski definition) is 1. The molecule has 0 aliphatic rings. The summed E-state index contributed by atoms with van der Waals surface area (Å²) in [4.78, 5) is 8.47. The summed E-state index contributed by atoms with van der Waals surface area (Å²) in [7, 11) is -2.60. The van der Waals surface area contributed by atoms with E-state index in [1.54, 1.807) is 6.08 Å². The fraction of sp³-hybridized carbons (Fsp3) is 0.0667. The van der Waals surface area contributed by atoms with Crippen LogP contribution in [-0.2, 0) is 15.7 Å². The second-order valence-corrected chi connectivity index (χ2v) is 4.68. The Kier molecular flexibility index (Phi) is 5.30. The van der Waals surface area contributed by atoms with Crippen LogP contribution in [-0.4, -0.2) is 4.89 Å².